The van der Waals surface area contributed by atoms with Gasteiger partial charge in [-0.3, -0.25) is 4.79 Å². The van der Waals surface area contributed by atoms with Crippen molar-refractivity contribution in [3.8, 4) is 0 Å². The number of amides is 1. The van der Waals surface area contributed by atoms with Gasteiger partial charge in [-0.2, -0.15) is 0 Å². The monoisotopic (exact) mass is 240 g/mol. The van der Waals surface area contributed by atoms with Crippen molar-refractivity contribution in [1.29, 1.82) is 0 Å². The molecule has 1 rings (SSSR count). The third-order valence-corrected chi connectivity index (χ3v) is 2.39. The molecular weight excluding hydrogens is 224 g/mol. The molecule has 0 saturated heterocycles. The second-order valence-electron chi connectivity index (χ2n) is 4.24. The number of benzene rings is 1. The molecule has 88 valence electrons. The predicted octanol–water partition coefficient (Wildman–Crippen LogP) is 2.65. The van der Waals surface area contributed by atoms with Gasteiger partial charge in [-0.15, -0.1) is 0 Å². The van der Waals surface area contributed by atoms with Crippen LogP contribution in [0.1, 0.15) is 20.3 Å². The first kappa shape index (κ1) is 13.0. The number of carbonyl (C=O) groups is 1. The minimum atomic E-state index is -0.473. The molecule has 0 aliphatic rings. The number of hydrogen-bond donors (Lipinski definition) is 2. The van der Waals surface area contributed by atoms with Crippen molar-refractivity contribution in [3.63, 3.8) is 0 Å². The van der Waals surface area contributed by atoms with Crippen LogP contribution in [0.5, 0.6) is 0 Å². The van der Waals surface area contributed by atoms with Crippen LogP contribution >= 0.6 is 11.6 Å². The van der Waals surface area contributed by atoms with Crippen LogP contribution in [0.25, 0.3) is 0 Å². The van der Waals surface area contributed by atoms with E-state index in [0.29, 0.717) is 23.0 Å². The summed E-state index contributed by atoms with van der Waals surface area (Å²) in [6.45, 7) is 4.07. The molecule has 0 heterocycles. The lowest BCUT2D eigenvalue weighted by Gasteiger charge is -2.14. The summed E-state index contributed by atoms with van der Waals surface area (Å²) in [6.07, 6.45) is 0.673. The minimum absolute atomic E-state index is 0.170. The number of nitrogens with two attached hydrogens (primary N) is 1. The molecule has 0 radical (unpaired) electrons. The molecule has 0 fully saturated rings. The van der Waals surface area contributed by atoms with Gasteiger partial charge >= 0.3 is 0 Å². The van der Waals surface area contributed by atoms with Crippen LogP contribution in [-0.4, -0.2) is 11.9 Å². The van der Waals surface area contributed by atoms with E-state index >= 15 is 0 Å². The molecular formula is C12H17ClN2O. The summed E-state index contributed by atoms with van der Waals surface area (Å²) < 4.78 is 0. The summed E-state index contributed by atoms with van der Waals surface area (Å²) in [7, 11) is 0. The van der Waals surface area contributed by atoms with Gasteiger partial charge in [0.05, 0.1) is 6.04 Å². The van der Waals surface area contributed by atoms with E-state index in [0.717, 1.165) is 0 Å². The fourth-order valence-electron chi connectivity index (χ4n) is 1.42. The lowest BCUT2D eigenvalue weighted by molar-refractivity contribution is -0.117. The Morgan fingerprint density at radius 1 is 1.50 bits per heavy atom. The maximum Gasteiger partial charge on any atom is 0.241 e. The van der Waals surface area contributed by atoms with Gasteiger partial charge in [-0.25, -0.2) is 0 Å². The highest BCUT2D eigenvalue weighted by Crippen LogP contribution is 2.15. The first-order chi connectivity index (χ1) is 7.49. The minimum Gasteiger partial charge on any atom is -0.325 e. The average molecular weight is 241 g/mol. The summed E-state index contributed by atoms with van der Waals surface area (Å²) in [6, 6.07) is 6.55. The Morgan fingerprint density at radius 2 is 2.19 bits per heavy atom. The molecule has 1 aromatic rings. The fourth-order valence-corrected chi connectivity index (χ4v) is 1.61. The Hall–Kier alpha value is -1.06. The van der Waals surface area contributed by atoms with E-state index in [4.69, 9.17) is 17.3 Å². The number of nitrogens with one attached hydrogen (secondary N) is 1. The highest BCUT2D eigenvalue weighted by molar-refractivity contribution is 6.30. The van der Waals surface area contributed by atoms with Gasteiger partial charge < -0.3 is 11.1 Å². The van der Waals surface area contributed by atoms with E-state index in [1.54, 1.807) is 24.3 Å². The molecule has 1 amide bonds. The van der Waals surface area contributed by atoms with Crippen LogP contribution in [0.2, 0.25) is 5.02 Å². The molecule has 0 aliphatic carbocycles. The first-order valence-electron chi connectivity index (χ1n) is 5.31. The number of halogens is 1. The average Bonchev–Trinajstić information content (AvgIpc) is 2.16. The van der Waals surface area contributed by atoms with Gasteiger partial charge in [0.1, 0.15) is 0 Å². The highest BCUT2D eigenvalue weighted by Gasteiger charge is 2.14. The summed E-state index contributed by atoms with van der Waals surface area (Å²) in [5.74, 6) is 0.232. The zero-order chi connectivity index (χ0) is 12.1. The molecule has 0 aliphatic heterocycles. The van der Waals surface area contributed by atoms with Crippen LogP contribution in [0.3, 0.4) is 0 Å². The maximum atomic E-state index is 11.7. The normalized spacial score (nSPS) is 12.6. The second kappa shape index (κ2) is 5.87. The van der Waals surface area contributed by atoms with Gasteiger partial charge in [0.15, 0.2) is 0 Å². The molecule has 0 saturated carbocycles. The van der Waals surface area contributed by atoms with Crippen molar-refractivity contribution >= 4 is 23.2 Å². The van der Waals surface area contributed by atoms with Crippen molar-refractivity contribution in [2.45, 2.75) is 26.3 Å². The molecule has 0 bridgehead atoms. The van der Waals surface area contributed by atoms with Gasteiger partial charge in [-0.05, 0) is 30.5 Å². The van der Waals surface area contributed by atoms with Crippen LogP contribution in [-0.2, 0) is 4.79 Å². The molecule has 0 aromatic heterocycles. The molecule has 1 aromatic carbocycles. The fraction of sp³-hybridized carbons (Fsp3) is 0.417. The van der Waals surface area contributed by atoms with E-state index < -0.39 is 6.04 Å². The zero-order valence-corrected chi connectivity index (χ0v) is 10.3. The van der Waals surface area contributed by atoms with Crippen LogP contribution < -0.4 is 11.1 Å². The quantitative estimate of drug-likeness (QED) is 0.850. The van der Waals surface area contributed by atoms with E-state index in [1.807, 2.05) is 13.8 Å². The van der Waals surface area contributed by atoms with Gasteiger partial charge in [0.2, 0.25) is 5.91 Å². The van der Waals surface area contributed by atoms with Crippen molar-refractivity contribution in [2.24, 2.45) is 11.7 Å². The highest BCUT2D eigenvalue weighted by atomic mass is 35.5. The smallest absolute Gasteiger partial charge is 0.241 e. The molecule has 16 heavy (non-hydrogen) atoms. The van der Waals surface area contributed by atoms with Crippen molar-refractivity contribution in [2.75, 3.05) is 5.32 Å². The third-order valence-electron chi connectivity index (χ3n) is 2.15. The first-order valence-corrected chi connectivity index (χ1v) is 5.69. The van der Waals surface area contributed by atoms with Gasteiger partial charge in [0, 0.05) is 10.7 Å². The second-order valence-corrected chi connectivity index (χ2v) is 4.67. The van der Waals surface area contributed by atoms with E-state index in [9.17, 15) is 4.79 Å². The van der Waals surface area contributed by atoms with E-state index in [2.05, 4.69) is 5.32 Å². The largest absolute Gasteiger partial charge is 0.325 e. The molecule has 1 atom stereocenters. The third kappa shape index (κ3) is 4.21. The van der Waals surface area contributed by atoms with Gasteiger partial charge in [-0.1, -0.05) is 31.5 Å². The lowest BCUT2D eigenvalue weighted by Crippen LogP contribution is -2.36. The Kier molecular flexibility index (Phi) is 4.77. The van der Waals surface area contributed by atoms with Gasteiger partial charge in [0.25, 0.3) is 0 Å². The lowest BCUT2D eigenvalue weighted by atomic mass is 10.0. The number of rotatable bonds is 4. The maximum absolute atomic E-state index is 11.7. The summed E-state index contributed by atoms with van der Waals surface area (Å²) in [5.41, 5.74) is 6.44. The number of anilines is 1. The van der Waals surface area contributed by atoms with Crippen molar-refractivity contribution < 1.29 is 4.79 Å². The molecule has 3 N–H and O–H groups in total. The Morgan fingerprint density at radius 3 is 2.75 bits per heavy atom. The van der Waals surface area contributed by atoms with E-state index in [1.165, 1.54) is 0 Å². The van der Waals surface area contributed by atoms with Crippen LogP contribution in [0.15, 0.2) is 24.3 Å². The van der Waals surface area contributed by atoms with E-state index in [-0.39, 0.29) is 5.91 Å². The number of carbonyl (C=O) groups excluding carboxylic acids is 1. The molecule has 4 heteroatoms. The number of hydrogen-bond acceptors (Lipinski definition) is 2. The van der Waals surface area contributed by atoms with Crippen LogP contribution in [0, 0.1) is 5.92 Å². The van der Waals surface area contributed by atoms with Crippen molar-refractivity contribution in [3.05, 3.63) is 29.3 Å². The van der Waals surface area contributed by atoms with Crippen LogP contribution in [0.4, 0.5) is 5.69 Å². The summed E-state index contributed by atoms with van der Waals surface area (Å²) in [4.78, 5) is 11.7. The standard InChI is InChI=1S/C12H17ClN2O/c1-8(2)6-11(14)12(16)15-10-5-3-4-9(13)7-10/h3-5,7-8,11H,6,14H2,1-2H3,(H,15,16)/t11-/m1/s1. The Bertz CT molecular complexity index is 366. The summed E-state index contributed by atoms with van der Waals surface area (Å²) in [5, 5.41) is 3.33. The molecule has 0 spiro atoms. The Balaban J connectivity index is 2.57. The van der Waals surface area contributed by atoms with Crippen molar-refractivity contribution in [1.82, 2.24) is 0 Å². The predicted molar refractivity (Wildman–Crippen MR) is 67.5 cm³/mol. The SMILES string of the molecule is CC(C)C[C@@H](N)C(=O)Nc1cccc(Cl)c1. The molecule has 0 unspecified atom stereocenters. The Labute approximate surface area is 101 Å². The zero-order valence-electron chi connectivity index (χ0n) is 9.53. The molecule has 3 nitrogen and oxygen atoms in total. The summed E-state index contributed by atoms with van der Waals surface area (Å²) >= 11 is 5.81. The topological polar surface area (TPSA) is 55.1 Å².